The summed E-state index contributed by atoms with van der Waals surface area (Å²) in [7, 11) is 0. The van der Waals surface area contributed by atoms with E-state index in [1.165, 1.54) is 13.8 Å². The fraction of sp³-hybridized carbons (Fsp3) is 0.667. The Morgan fingerprint density at radius 2 is 0.653 bits per heavy atom. The van der Waals surface area contributed by atoms with Crippen molar-refractivity contribution in [1.29, 1.82) is 0 Å². The van der Waals surface area contributed by atoms with Gasteiger partial charge in [-0.25, -0.2) is 0 Å². The molecular weight excluding hydrogens is 1270 g/mol. The van der Waals surface area contributed by atoms with Crippen molar-refractivity contribution in [2.45, 2.75) is 219 Å². The molecule has 0 aliphatic carbocycles. The third-order valence-electron chi connectivity index (χ3n) is 16.1. The number of hydrogen-bond acceptors (Lipinski definition) is 16. The van der Waals surface area contributed by atoms with Crippen LogP contribution in [0.1, 0.15) is 152 Å². The molecule has 14 atom stereocenters. The van der Waals surface area contributed by atoms with Gasteiger partial charge in [0, 0.05) is 32.6 Å². The van der Waals surface area contributed by atoms with Crippen LogP contribution in [0.2, 0.25) is 0 Å². The molecule has 1 aromatic rings. The molecule has 35 heteroatoms. The van der Waals surface area contributed by atoms with Gasteiger partial charge in [-0.3, -0.25) is 72.7 Å². The number of nitrogens with two attached hydrogens (primary N) is 10. The van der Waals surface area contributed by atoms with Gasteiger partial charge in [0.15, 0.2) is 23.8 Å². The molecule has 0 fully saturated rings. The highest BCUT2D eigenvalue weighted by atomic mass is 16.2. The predicted molar refractivity (Wildman–Crippen MR) is 375 cm³/mol. The molecule has 0 saturated heterocycles. The smallest absolute Gasteiger partial charge is 0.243 e. The van der Waals surface area contributed by atoms with Gasteiger partial charge in [0.25, 0.3) is 0 Å². The zero-order valence-electron chi connectivity index (χ0n) is 58.6. The molecule has 11 amide bonds. The van der Waals surface area contributed by atoms with Crippen molar-refractivity contribution in [2.24, 2.45) is 101 Å². The van der Waals surface area contributed by atoms with E-state index in [0.717, 1.165) is 0 Å². The number of carbonyl (C=O) groups is 11. The SMILES string of the molecule is CC[C@H](C)[C@H](NC(=O)[C@H](CCCN=C(N)N)NC(=O)[C@H](CC(C)C)NC(=O)[C@@H](NC(=O)[C@@H](NC(=O)[C@H](CCCN=C(N)N)NC(=O)[C@H](C)NC(=O)[C@H](C)N)[C@@H](C)CC)[C@@H](C)CC)C(=O)N[C@@H](CCCN=C(N)N)C(=O)N[C@@H](Cc1ccccc1)C(=O)N[C@@H](CCCN=C(N)N)C(N)=O. The van der Waals surface area contributed by atoms with E-state index >= 15 is 0 Å². The second-order valence-electron chi connectivity index (χ2n) is 25.0. The minimum Gasteiger partial charge on any atom is -0.370 e. The maximum atomic E-state index is 14.8. The number of guanidine groups is 4. The van der Waals surface area contributed by atoms with Gasteiger partial charge in [0.2, 0.25) is 65.0 Å². The molecular formula is C63H114N24O11. The van der Waals surface area contributed by atoms with E-state index in [-0.39, 0.29) is 120 Å². The van der Waals surface area contributed by atoms with Gasteiger partial charge < -0.3 is 111 Å². The lowest BCUT2D eigenvalue weighted by Crippen LogP contribution is -2.62. The van der Waals surface area contributed by atoms with Crippen LogP contribution in [-0.2, 0) is 59.2 Å². The van der Waals surface area contributed by atoms with Gasteiger partial charge in [-0.15, -0.1) is 0 Å². The minimum atomic E-state index is -1.41. The average molecular weight is 1380 g/mol. The third kappa shape index (κ3) is 33.9. The summed E-state index contributed by atoms with van der Waals surface area (Å²) in [5.41, 5.74) is 56.3. The summed E-state index contributed by atoms with van der Waals surface area (Å²) in [5, 5.41) is 27.1. The maximum absolute atomic E-state index is 14.8. The van der Waals surface area contributed by atoms with Crippen LogP contribution in [0.15, 0.2) is 50.3 Å². The van der Waals surface area contributed by atoms with Gasteiger partial charge in [-0.2, -0.15) is 0 Å². The fourth-order valence-corrected chi connectivity index (χ4v) is 9.77. The summed E-state index contributed by atoms with van der Waals surface area (Å²) >= 11 is 0. The topological polar surface area (TPSA) is 618 Å². The van der Waals surface area contributed by atoms with Crippen LogP contribution >= 0.6 is 0 Å². The highest BCUT2D eigenvalue weighted by Crippen LogP contribution is 2.17. The van der Waals surface area contributed by atoms with Crippen molar-refractivity contribution >= 4 is 88.8 Å². The molecule has 35 nitrogen and oxygen atoms in total. The van der Waals surface area contributed by atoms with E-state index in [0.29, 0.717) is 24.8 Å². The number of amides is 11. The molecule has 552 valence electrons. The van der Waals surface area contributed by atoms with Gasteiger partial charge >= 0.3 is 0 Å². The Kier molecular flexibility index (Phi) is 40.4. The third-order valence-corrected chi connectivity index (χ3v) is 16.1. The molecule has 0 unspecified atom stereocenters. The Balaban J connectivity index is 3.78. The first kappa shape index (κ1) is 86.4. The lowest BCUT2D eigenvalue weighted by Gasteiger charge is -2.31. The number of hydrogen-bond donors (Lipinski definition) is 20. The second-order valence-corrected chi connectivity index (χ2v) is 25.0. The second kappa shape index (κ2) is 45.8. The molecule has 0 spiro atoms. The number of nitrogens with zero attached hydrogens (tertiary/aromatic N) is 4. The summed E-state index contributed by atoms with van der Waals surface area (Å²) in [6.45, 7) is 17.2. The van der Waals surface area contributed by atoms with E-state index in [1.54, 1.807) is 85.7 Å². The van der Waals surface area contributed by atoms with E-state index in [4.69, 9.17) is 57.3 Å². The van der Waals surface area contributed by atoms with Crippen molar-refractivity contribution in [2.75, 3.05) is 26.2 Å². The van der Waals surface area contributed by atoms with Crippen LogP contribution < -0.4 is 111 Å². The summed E-state index contributed by atoms with van der Waals surface area (Å²) in [4.78, 5) is 170. The zero-order chi connectivity index (χ0) is 74.4. The Bertz CT molecular complexity index is 2860. The average Bonchev–Trinajstić information content (AvgIpc) is 0.848. The number of nitrogens with one attached hydrogen (secondary N) is 10. The monoisotopic (exact) mass is 1380 g/mol. The van der Waals surface area contributed by atoms with Crippen LogP contribution in [-0.4, -0.2) is 181 Å². The quantitative estimate of drug-likeness (QED) is 0.0166. The van der Waals surface area contributed by atoms with Gasteiger partial charge in [-0.05, 0) is 101 Å². The molecule has 0 radical (unpaired) electrons. The normalized spacial score (nSPS) is 15.3. The summed E-state index contributed by atoms with van der Waals surface area (Å²) < 4.78 is 0. The fourth-order valence-electron chi connectivity index (χ4n) is 9.77. The van der Waals surface area contributed by atoms with Crippen LogP contribution in [0, 0.1) is 23.7 Å². The molecule has 0 heterocycles. The predicted octanol–water partition coefficient (Wildman–Crippen LogP) is -4.67. The Morgan fingerprint density at radius 1 is 0.357 bits per heavy atom. The largest absolute Gasteiger partial charge is 0.370 e. The first-order valence-corrected chi connectivity index (χ1v) is 33.4. The van der Waals surface area contributed by atoms with Gasteiger partial charge in [0.1, 0.15) is 60.4 Å². The van der Waals surface area contributed by atoms with E-state index in [2.05, 4.69) is 73.1 Å². The standard InChI is InChI=1S/C63H114N24O11/c1-11-34(6)46(57(96)82-41(24-18-28-75-61(68)69)52(91)83-45(32-39-21-15-14-16-22-39)56(95)79-40(49(65)88)23-17-27-74-60(66)67)85-54(93)43(26-20-30-77-63(72)73)81-55(94)44(31-33(4)5)84-58(97)47(35(7)12-2)87-59(98)48(36(8)13-3)86-53(92)42(25-19-29-76-62(70)71)80-51(90)38(10)78-50(89)37(9)64/h14-16,21-22,33-38,40-48H,11-13,17-20,23-32,64H2,1-10H3,(H2,65,88)(H,78,89)(H,79,95)(H,80,90)(H,81,94)(H,82,96)(H,83,91)(H,84,97)(H,85,93)(H,86,92)(H,87,98)(H4,66,67,74)(H4,68,69,75)(H4,70,71,76)(H4,72,73,77)/t34-,35-,36-,37-,38-,40-,41-,42-,43-,44-,45-,46-,47-,48-/m0/s1. The highest BCUT2D eigenvalue weighted by Gasteiger charge is 2.38. The lowest BCUT2D eigenvalue weighted by molar-refractivity contribution is -0.137. The minimum absolute atomic E-state index is 0.00177. The summed E-state index contributed by atoms with van der Waals surface area (Å²) in [5.74, 6) is -11.3. The number of benzene rings is 1. The number of carbonyl (C=O) groups excluding carboxylic acids is 11. The molecule has 1 aromatic carbocycles. The highest BCUT2D eigenvalue weighted by molar-refractivity contribution is 5.99. The van der Waals surface area contributed by atoms with Gasteiger partial charge in [-0.1, -0.05) is 105 Å². The molecule has 0 bridgehead atoms. The Hall–Kier alpha value is -9.57. The first-order chi connectivity index (χ1) is 46.1. The molecule has 98 heavy (non-hydrogen) atoms. The molecule has 0 aliphatic rings. The lowest BCUT2D eigenvalue weighted by atomic mass is 9.94. The number of rotatable bonds is 47. The van der Waals surface area contributed by atoms with Crippen LogP contribution in [0.3, 0.4) is 0 Å². The summed E-state index contributed by atoms with van der Waals surface area (Å²) in [6.07, 6.45) is 1.59. The van der Waals surface area contributed by atoms with E-state index < -0.39 is 149 Å². The van der Waals surface area contributed by atoms with Crippen molar-refractivity contribution in [3.8, 4) is 0 Å². The van der Waals surface area contributed by atoms with Crippen molar-refractivity contribution < 1.29 is 52.7 Å². The van der Waals surface area contributed by atoms with Crippen molar-refractivity contribution in [1.82, 2.24) is 53.2 Å². The molecule has 0 aromatic heterocycles. The number of aliphatic imine (C=N–C) groups is 4. The van der Waals surface area contributed by atoms with Crippen molar-refractivity contribution in [3.05, 3.63) is 35.9 Å². The Morgan fingerprint density at radius 3 is 1.01 bits per heavy atom. The first-order valence-electron chi connectivity index (χ1n) is 33.4. The molecule has 0 saturated carbocycles. The van der Waals surface area contributed by atoms with Gasteiger partial charge in [0.05, 0.1) is 6.04 Å². The zero-order valence-corrected chi connectivity index (χ0v) is 58.6. The van der Waals surface area contributed by atoms with E-state index in [9.17, 15) is 52.7 Å². The van der Waals surface area contributed by atoms with Crippen LogP contribution in [0.25, 0.3) is 0 Å². The maximum Gasteiger partial charge on any atom is 0.243 e. The number of primary amides is 1. The van der Waals surface area contributed by atoms with E-state index in [1.807, 2.05) is 0 Å². The molecule has 30 N–H and O–H groups in total. The molecule has 0 aliphatic heterocycles. The Labute approximate surface area is 574 Å². The van der Waals surface area contributed by atoms with Crippen molar-refractivity contribution in [3.63, 3.8) is 0 Å². The van der Waals surface area contributed by atoms with Crippen LogP contribution in [0.4, 0.5) is 0 Å². The van der Waals surface area contributed by atoms with Crippen LogP contribution in [0.5, 0.6) is 0 Å². The summed E-state index contributed by atoms with van der Waals surface area (Å²) in [6, 6.07) is -5.20. The molecule has 1 rings (SSSR count).